The lowest BCUT2D eigenvalue weighted by molar-refractivity contribution is 0.415. The van der Waals surface area contributed by atoms with Crippen molar-refractivity contribution < 1.29 is 9.13 Å². The van der Waals surface area contributed by atoms with Crippen LogP contribution in [0.1, 0.15) is 17.0 Å². The Labute approximate surface area is 137 Å². The summed E-state index contributed by atoms with van der Waals surface area (Å²) >= 11 is 1.60. The number of anilines is 1. The van der Waals surface area contributed by atoms with Crippen molar-refractivity contribution in [3.63, 3.8) is 0 Å². The number of halogens is 1. The molecule has 1 aromatic carbocycles. The van der Waals surface area contributed by atoms with Crippen LogP contribution < -0.4 is 10.5 Å². The minimum Gasteiger partial charge on any atom is -0.497 e. The van der Waals surface area contributed by atoms with E-state index in [0.29, 0.717) is 18.4 Å². The highest BCUT2D eigenvalue weighted by Gasteiger charge is 2.04. The topological polar surface area (TPSA) is 61.0 Å². The van der Waals surface area contributed by atoms with Gasteiger partial charge in [-0.25, -0.2) is 9.97 Å². The number of benzene rings is 1. The van der Waals surface area contributed by atoms with E-state index in [1.54, 1.807) is 30.6 Å². The molecule has 3 aromatic rings. The number of pyridine rings is 1. The van der Waals surface area contributed by atoms with Gasteiger partial charge in [-0.05, 0) is 43.2 Å². The van der Waals surface area contributed by atoms with Gasteiger partial charge in [0.05, 0.1) is 17.3 Å². The molecule has 0 saturated carbocycles. The molecule has 0 aliphatic carbocycles. The number of thiazole rings is 1. The van der Waals surface area contributed by atoms with Crippen LogP contribution in [0.4, 0.5) is 10.2 Å². The maximum absolute atomic E-state index is 13.6. The Balaban J connectivity index is 1.66. The molecular weight excluding hydrogens is 313 g/mol. The Morgan fingerprint density at radius 3 is 2.91 bits per heavy atom. The number of nitrogens with two attached hydrogens (primary N) is 1. The number of hydrogen-bond acceptors (Lipinski definition) is 5. The minimum absolute atomic E-state index is 0.201. The van der Waals surface area contributed by atoms with E-state index in [0.717, 1.165) is 21.0 Å². The molecule has 0 saturated heterocycles. The van der Waals surface area contributed by atoms with E-state index in [1.807, 2.05) is 30.4 Å². The SMILES string of the molecule is COc1ccc2nc(/C=C/CCc3ccc(N)nc3F)sc2c1. The van der Waals surface area contributed by atoms with Gasteiger partial charge in [0.1, 0.15) is 16.6 Å². The molecule has 3 rings (SSSR count). The fourth-order valence-corrected chi connectivity index (χ4v) is 3.13. The molecule has 0 spiro atoms. The number of methoxy groups -OCH3 is 1. The summed E-state index contributed by atoms with van der Waals surface area (Å²) in [4.78, 5) is 8.16. The van der Waals surface area contributed by atoms with Crippen LogP contribution in [0.5, 0.6) is 5.75 Å². The first-order valence-electron chi connectivity index (χ1n) is 7.18. The molecule has 2 aromatic heterocycles. The van der Waals surface area contributed by atoms with E-state index in [4.69, 9.17) is 10.5 Å². The van der Waals surface area contributed by atoms with E-state index < -0.39 is 5.95 Å². The van der Waals surface area contributed by atoms with E-state index in [2.05, 4.69) is 9.97 Å². The summed E-state index contributed by atoms with van der Waals surface area (Å²) in [5, 5.41) is 0.921. The summed E-state index contributed by atoms with van der Waals surface area (Å²) in [5.74, 6) is 0.528. The van der Waals surface area contributed by atoms with Crippen molar-refractivity contribution in [1.29, 1.82) is 0 Å². The standard InChI is InChI=1S/C17H16FN3OS/c1-22-12-7-8-13-14(10-12)23-16(20-13)5-3-2-4-11-6-9-15(19)21-17(11)18/h3,5-10H,2,4H2,1H3,(H2,19,21)/b5-3+. The summed E-state index contributed by atoms with van der Waals surface area (Å²) in [7, 11) is 1.65. The first-order chi connectivity index (χ1) is 11.2. The van der Waals surface area contributed by atoms with Crippen molar-refractivity contribution in [2.45, 2.75) is 12.8 Å². The van der Waals surface area contributed by atoms with Crippen molar-refractivity contribution in [1.82, 2.24) is 9.97 Å². The van der Waals surface area contributed by atoms with Crippen LogP contribution in [0.2, 0.25) is 0 Å². The van der Waals surface area contributed by atoms with Gasteiger partial charge in [0.25, 0.3) is 0 Å². The normalized spacial score (nSPS) is 11.4. The van der Waals surface area contributed by atoms with Crippen LogP contribution in [0.25, 0.3) is 16.3 Å². The van der Waals surface area contributed by atoms with Crippen molar-refractivity contribution in [3.8, 4) is 5.75 Å². The monoisotopic (exact) mass is 329 g/mol. The Kier molecular flexibility index (Phi) is 4.52. The van der Waals surface area contributed by atoms with Crippen molar-refractivity contribution in [3.05, 3.63) is 52.9 Å². The highest BCUT2D eigenvalue weighted by atomic mass is 32.1. The van der Waals surface area contributed by atoms with E-state index in [1.165, 1.54) is 0 Å². The zero-order chi connectivity index (χ0) is 16.2. The van der Waals surface area contributed by atoms with Crippen LogP contribution >= 0.6 is 11.3 Å². The van der Waals surface area contributed by atoms with Crippen molar-refractivity contribution in [2.24, 2.45) is 0 Å². The number of aromatic nitrogens is 2. The average Bonchev–Trinajstić information content (AvgIpc) is 2.94. The molecule has 0 aliphatic heterocycles. The van der Waals surface area contributed by atoms with Crippen molar-refractivity contribution >= 4 is 33.4 Å². The lowest BCUT2D eigenvalue weighted by atomic mass is 10.1. The molecule has 0 unspecified atom stereocenters. The number of nitrogen functional groups attached to an aromatic ring is 1. The van der Waals surface area contributed by atoms with Gasteiger partial charge >= 0.3 is 0 Å². The minimum atomic E-state index is -0.495. The highest BCUT2D eigenvalue weighted by molar-refractivity contribution is 7.19. The zero-order valence-electron chi connectivity index (χ0n) is 12.6. The average molecular weight is 329 g/mol. The molecule has 0 bridgehead atoms. The van der Waals surface area contributed by atoms with Gasteiger partial charge in [-0.2, -0.15) is 4.39 Å². The molecule has 23 heavy (non-hydrogen) atoms. The smallest absolute Gasteiger partial charge is 0.218 e. The van der Waals surface area contributed by atoms with Crippen LogP contribution in [0, 0.1) is 5.95 Å². The summed E-state index contributed by atoms with van der Waals surface area (Å²) < 4.78 is 19.9. The predicted molar refractivity (Wildman–Crippen MR) is 92.1 cm³/mol. The van der Waals surface area contributed by atoms with Crippen LogP contribution in [-0.2, 0) is 6.42 Å². The molecular formula is C17H16FN3OS. The number of ether oxygens (including phenoxy) is 1. The number of rotatable bonds is 5. The van der Waals surface area contributed by atoms with Crippen LogP contribution in [0.3, 0.4) is 0 Å². The number of aryl methyl sites for hydroxylation is 1. The van der Waals surface area contributed by atoms with Gasteiger partial charge < -0.3 is 10.5 Å². The molecule has 0 radical (unpaired) electrons. The molecule has 0 amide bonds. The highest BCUT2D eigenvalue weighted by Crippen LogP contribution is 2.27. The third-order valence-electron chi connectivity index (χ3n) is 3.40. The van der Waals surface area contributed by atoms with Gasteiger partial charge in [0, 0.05) is 5.56 Å². The molecule has 0 atom stereocenters. The first-order valence-corrected chi connectivity index (χ1v) is 7.99. The quantitative estimate of drug-likeness (QED) is 0.717. The second-order valence-corrected chi connectivity index (χ2v) is 6.08. The number of nitrogens with zero attached hydrogens (tertiary/aromatic N) is 2. The van der Waals surface area contributed by atoms with Gasteiger partial charge in [-0.1, -0.05) is 12.1 Å². The molecule has 0 fully saturated rings. The van der Waals surface area contributed by atoms with Gasteiger partial charge in [-0.3, -0.25) is 0 Å². The molecule has 4 nitrogen and oxygen atoms in total. The second-order valence-electron chi connectivity index (χ2n) is 5.01. The Morgan fingerprint density at radius 2 is 2.13 bits per heavy atom. The lowest BCUT2D eigenvalue weighted by Gasteiger charge is -2.00. The number of hydrogen-bond donors (Lipinski definition) is 1. The van der Waals surface area contributed by atoms with Crippen LogP contribution in [0.15, 0.2) is 36.4 Å². The molecule has 0 aliphatic rings. The fraction of sp³-hybridized carbons (Fsp3) is 0.176. The van der Waals surface area contributed by atoms with E-state index in [9.17, 15) is 4.39 Å². The largest absolute Gasteiger partial charge is 0.497 e. The Morgan fingerprint density at radius 1 is 1.26 bits per heavy atom. The molecule has 6 heteroatoms. The molecule has 2 heterocycles. The second kappa shape index (κ2) is 6.75. The number of allylic oxidation sites excluding steroid dienone is 1. The summed E-state index contributed by atoms with van der Waals surface area (Å²) in [6, 6.07) is 9.10. The third kappa shape index (κ3) is 3.65. The predicted octanol–water partition coefficient (Wildman–Crippen LogP) is 4.07. The molecule has 2 N–H and O–H groups in total. The van der Waals surface area contributed by atoms with Gasteiger partial charge in [0.15, 0.2) is 0 Å². The lowest BCUT2D eigenvalue weighted by Crippen LogP contribution is -1.97. The first kappa shape index (κ1) is 15.4. The molecule has 118 valence electrons. The van der Waals surface area contributed by atoms with Crippen molar-refractivity contribution in [2.75, 3.05) is 12.8 Å². The fourth-order valence-electron chi connectivity index (χ4n) is 2.21. The van der Waals surface area contributed by atoms with E-state index in [-0.39, 0.29) is 5.82 Å². The Hall–Kier alpha value is -2.47. The summed E-state index contributed by atoms with van der Waals surface area (Å²) in [6.07, 6.45) is 5.24. The summed E-state index contributed by atoms with van der Waals surface area (Å²) in [6.45, 7) is 0. The Bertz CT molecular complexity index is 860. The van der Waals surface area contributed by atoms with Gasteiger partial charge in [0.2, 0.25) is 5.95 Å². The maximum atomic E-state index is 13.6. The van der Waals surface area contributed by atoms with Crippen LogP contribution in [-0.4, -0.2) is 17.1 Å². The third-order valence-corrected chi connectivity index (χ3v) is 4.38. The zero-order valence-corrected chi connectivity index (χ0v) is 13.4. The maximum Gasteiger partial charge on any atom is 0.218 e. The summed E-state index contributed by atoms with van der Waals surface area (Å²) in [5.41, 5.74) is 6.95. The van der Waals surface area contributed by atoms with E-state index >= 15 is 0 Å². The van der Waals surface area contributed by atoms with Gasteiger partial charge in [-0.15, -0.1) is 11.3 Å². The number of fused-ring (bicyclic) bond motifs is 1.